The number of carbonyl (C=O) groups excluding carboxylic acids is 2. The topological polar surface area (TPSA) is 89.0 Å². The van der Waals surface area contributed by atoms with Crippen molar-refractivity contribution in [3.63, 3.8) is 0 Å². The minimum atomic E-state index is -0.810. The molecule has 0 spiro atoms. The van der Waals surface area contributed by atoms with E-state index < -0.39 is 17.7 Å². The summed E-state index contributed by atoms with van der Waals surface area (Å²) >= 11 is 0. The number of likely N-dealkylation sites (tertiary alicyclic amines) is 1. The van der Waals surface area contributed by atoms with E-state index in [1.807, 2.05) is 6.07 Å². The summed E-state index contributed by atoms with van der Waals surface area (Å²) in [7, 11) is 3.02. The number of hydrogen-bond donors (Lipinski definition) is 1. The van der Waals surface area contributed by atoms with Crippen molar-refractivity contribution in [2.75, 3.05) is 14.2 Å². The lowest BCUT2D eigenvalue weighted by Gasteiger charge is -2.25. The third-order valence-electron chi connectivity index (χ3n) is 5.39. The molecule has 2 aromatic carbocycles. The Hall–Kier alpha value is -4.13. The summed E-state index contributed by atoms with van der Waals surface area (Å²) in [5.41, 5.74) is 1.74. The van der Waals surface area contributed by atoms with Gasteiger partial charge in [-0.3, -0.25) is 14.6 Å². The van der Waals surface area contributed by atoms with Crippen LogP contribution in [0.1, 0.15) is 22.7 Å². The standard InChI is InChI=1S/C25H22N2O5/c1-31-18-9-5-8-17(13-18)22-21(23(28)19-10-3-4-11-20(19)32-2)24(29)25(30)27(22)15-16-7-6-12-26-14-16/h3-14,22,28H,15H2,1-2H3/b23-21+. The van der Waals surface area contributed by atoms with Crippen LogP contribution >= 0.6 is 0 Å². The van der Waals surface area contributed by atoms with E-state index in [2.05, 4.69) is 4.98 Å². The normalized spacial score (nSPS) is 17.4. The molecule has 0 saturated carbocycles. The van der Waals surface area contributed by atoms with E-state index in [1.54, 1.807) is 74.1 Å². The number of amides is 1. The van der Waals surface area contributed by atoms with Crippen molar-refractivity contribution in [1.82, 2.24) is 9.88 Å². The van der Waals surface area contributed by atoms with Crippen LogP contribution < -0.4 is 9.47 Å². The van der Waals surface area contributed by atoms with Crippen molar-refractivity contribution in [2.45, 2.75) is 12.6 Å². The van der Waals surface area contributed by atoms with E-state index in [4.69, 9.17) is 9.47 Å². The van der Waals surface area contributed by atoms with Crippen LogP contribution in [0.5, 0.6) is 11.5 Å². The number of benzene rings is 2. The number of Topliss-reactive ketones (excluding diaryl/α,β-unsaturated/α-hetero) is 1. The molecule has 1 aliphatic rings. The Balaban J connectivity index is 1.90. The first-order valence-electron chi connectivity index (χ1n) is 9.99. The molecule has 1 N–H and O–H groups in total. The highest BCUT2D eigenvalue weighted by atomic mass is 16.5. The van der Waals surface area contributed by atoms with Crippen LogP contribution in [0.25, 0.3) is 5.76 Å². The largest absolute Gasteiger partial charge is 0.507 e. The summed E-state index contributed by atoms with van der Waals surface area (Å²) in [6.07, 6.45) is 3.28. The van der Waals surface area contributed by atoms with Crippen LogP contribution in [0.2, 0.25) is 0 Å². The number of nitrogens with zero attached hydrogens (tertiary/aromatic N) is 2. The SMILES string of the molecule is COc1cccc(C2/C(=C(\O)c3ccccc3OC)C(=O)C(=O)N2Cc2cccnc2)c1. The Morgan fingerprint density at radius 1 is 1.03 bits per heavy atom. The predicted molar refractivity (Wildman–Crippen MR) is 118 cm³/mol. The number of hydrogen-bond acceptors (Lipinski definition) is 6. The number of rotatable bonds is 6. The van der Waals surface area contributed by atoms with Crippen molar-refractivity contribution < 1.29 is 24.2 Å². The van der Waals surface area contributed by atoms with E-state index in [1.165, 1.54) is 12.0 Å². The maximum absolute atomic E-state index is 13.2. The average molecular weight is 430 g/mol. The minimum absolute atomic E-state index is 0.00311. The third-order valence-corrected chi connectivity index (χ3v) is 5.39. The third kappa shape index (κ3) is 3.80. The second kappa shape index (κ2) is 8.93. The molecule has 0 radical (unpaired) electrons. The van der Waals surface area contributed by atoms with Gasteiger partial charge in [0.15, 0.2) is 0 Å². The molecule has 32 heavy (non-hydrogen) atoms. The molecular formula is C25H22N2O5. The lowest BCUT2D eigenvalue weighted by atomic mass is 9.94. The molecule has 1 saturated heterocycles. The maximum atomic E-state index is 13.2. The first kappa shape index (κ1) is 21.1. The lowest BCUT2D eigenvalue weighted by molar-refractivity contribution is -0.140. The molecule has 0 aliphatic carbocycles. The van der Waals surface area contributed by atoms with Gasteiger partial charge >= 0.3 is 0 Å². The van der Waals surface area contributed by atoms with Gasteiger partial charge in [0.25, 0.3) is 11.7 Å². The maximum Gasteiger partial charge on any atom is 0.295 e. The van der Waals surface area contributed by atoms with E-state index in [0.717, 1.165) is 5.56 Å². The van der Waals surface area contributed by atoms with Crippen molar-refractivity contribution in [3.8, 4) is 11.5 Å². The fourth-order valence-corrected chi connectivity index (χ4v) is 3.87. The van der Waals surface area contributed by atoms with E-state index in [9.17, 15) is 14.7 Å². The molecule has 1 aliphatic heterocycles. The summed E-state index contributed by atoms with van der Waals surface area (Å²) in [6, 6.07) is 16.7. The van der Waals surface area contributed by atoms with Crippen molar-refractivity contribution in [2.24, 2.45) is 0 Å². The van der Waals surface area contributed by atoms with E-state index in [-0.39, 0.29) is 17.9 Å². The number of carbonyl (C=O) groups is 2. The zero-order valence-electron chi connectivity index (χ0n) is 17.7. The summed E-state index contributed by atoms with van der Waals surface area (Å²) in [5.74, 6) is -0.773. The Morgan fingerprint density at radius 2 is 1.84 bits per heavy atom. The zero-order valence-corrected chi connectivity index (χ0v) is 17.7. The van der Waals surface area contributed by atoms with Gasteiger partial charge in [0.2, 0.25) is 0 Å². The van der Waals surface area contributed by atoms with Crippen molar-refractivity contribution >= 4 is 17.4 Å². The second-order valence-electron chi connectivity index (χ2n) is 7.27. The van der Waals surface area contributed by atoms with Gasteiger partial charge < -0.3 is 19.5 Å². The number of ketones is 1. The summed E-state index contributed by atoms with van der Waals surface area (Å²) in [5, 5.41) is 11.2. The monoisotopic (exact) mass is 430 g/mol. The van der Waals surface area contributed by atoms with Crippen molar-refractivity contribution in [3.05, 3.63) is 95.3 Å². The second-order valence-corrected chi connectivity index (χ2v) is 7.27. The summed E-state index contributed by atoms with van der Waals surface area (Å²) < 4.78 is 10.7. The van der Waals surface area contributed by atoms with E-state index >= 15 is 0 Å². The molecule has 1 unspecified atom stereocenters. The van der Waals surface area contributed by atoms with Gasteiger partial charge in [-0.15, -0.1) is 0 Å². The lowest BCUT2D eigenvalue weighted by Crippen LogP contribution is -2.29. The predicted octanol–water partition coefficient (Wildman–Crippen LogP) is 3.72. The van der Waals surface area contributed by atoms with E-state index in [0.29, 0.717) is 22.6 Å². The van der Waals surface area contributed by atoms with Crippen LogP contribution in [0.15, 0.2) is 78.6 Å². The van der Waals surface area contributed by atoms with Gasteiger partial charge in [-0.25, -0.2) is 0 Å². The minimum Gasteiger partial charge on any atom is -0.507 e. The molecule has 1 aromatic heterocycles. The van der Waals surface area contributed by atoms with Gasteiger partial charge in [0, 0.05) is 18.9 Å². The summed E-state index contributed by atoms with van der Waals surface area (Å²) in [6.45, 7) is 0.156. The van der Waals surface area contributed by atoms with Crippen LogP contribution in [0.3, 0.4) is 0 Å². The van der Waals surface area contributed by atoms with Gasteiger partial charge in [-0.1, -0.05) is 30.3 Å². The molecule has 0 bridgehead atoms. The molecule has 4 rings (SSSR count). The quantitative estimate of drug-likeness (QED) is 0.364. The molecule has 7 nitrogen and oxygen atoms in total. The Bertz CT molecular complexity index is 1190. The van der Waals surface area contributed by atoms with Gasteiger partial charge in [0.05, 0.1) is 31.4 Å². The number of aliphatic hydroxyl groups is 1. The first-order chi connectivity index (χ1) is 15.5. The molecular weight excluding hydrogens is 408 g/mol. The Labute approximate surface area is 185 Å². The van der Waals surface area contributed by atoms with Gasteiger partial charge in [0.1, 0.15) is 17.3 Å². The molecule has 1 amide bonds. The molecule has 1 atom stereocenters. The Morgan fingerprint density at radius 3 is 2.56 bits per heavy atom. The molecule has 162 valence electrons. The number of aromatic nitrogens is 1. The van der Waals surface area contributed by atoms with Crippen molar-refractivity contribution in [1.29, 1.82) is 0 Å². The highest BCUT2D eigenvalue weighted by Crippen LogP contribution is 2.42. The Kier molecular flexibility index (Phi) is 5.89. The average Bonchev–Trinajstić information content (AvgIpc) is 3.09. The smallest absolute Gasteiger partial charge is 0.295 e. The van der Waals surface area contributed by atoms with Crippen LogP contribution in [0, 0.1) is 0 Å². The highest BCUT2D eigenvalue weighted by Gasteiger charge is 2.46. The van der Waals surface area contributed by atoms with Gasteiger partial charge in [-0.05, 0) is 41.5 Å². The number of pyridine rings is 1. The molecule has 2 heterocycles. The highest BCUT2D eigenvalue weighted by molar-refractivity contribution is 6.46. The van der Waals surface area contributed by atoms with Crippen LogP contribution in [0.4, 0.5) is 0 Å². The van der Waals surface area contributed by atoms with Crippen LogP contribution in [-0.4, -0.2) is 40.9 Å². The number of para-hydroxylation sites is 1. The number of methoxy groups -OCH3 is 2. The fourth-order valence-electron chi connectivity index (χ4n) is 3.87. The number of ether oxygens (including phenoxy) is 2. The summed E-state index contributed by atoms with van der Waals surface area (Å²) in [4.78, 5) is 31.8. The molecule has 3 aromatic rings. The fraction of sp³-hybridized carbons (Fsp3) is 0.160. The zero-order chi connectivity index (χ0) is 22.7. The first-order valence-corrected chi connectivity index (χ1v) is 9.99. The number of aliphatic hydroxyl groups excluding tert-OH is 1. The molecule has 7 heteroatoms. The van der Waals surface area contributed by atoms with Gasteiger partial charge in [-0.2, -0.15) is 0 Å². The molecule has 1 fully saturated rings. The van der Waals surface area contributed by atoms with Crippen LogP contribution in [-0.2, 0) is 16.1 Å².